The lowest BCUT2D eigenvalue weighted by atomic mass is 10.2. The molecule has 1 aromatic heterocycles. The molecule has 1 aliphatic heterocycles. The summed E-state index contributed by atoms with van der Waals surface area (Å²) in [5.41, 5.74) is 1.19. The molecule has 0 radical (unpaired) electrons. The molecule has 0 bridgehead atoms. The van der Waals surface area contributed by atoms with E-state index in [0.717, 1.165) is 6.54 Å². The fourth-order valence-corrected chi connectivity index (χ4v) is 1.46. The van der Waals surface area contributed by atoms with Gasteiger partial charge >= 0.3 is 0 Å². The molecule has 0 spiro atoms. The number of hydrogen-bond donors (Lipinski definition) is 3. The Labute approximate surface area is 76.9 Å². The minimum Gasteiger partial charge on any atom is -0.389 e. The Morgan fingerprint density at radius 3 is 3.15 bits per heavy atom. The number of nitrogens with one attached hydrogen (secondary N) is 2. The second-order valence-corrected chi connectivity index (χ2v) is 3.31. The number of aromatic amines is 1. The van der Waals surface area contributed by atoms with Crippen molar-refractivity contribution in [3.8, 4) is 0 Å². The summed E-state index contributed by atoms with van der Waals surface area (Å²) in [7, 11) is 0. The lowest BCUT2D eigenvalue weighted by Gasteiger charge is -2.13. The maximum Gasteiger partial charge on any atom is 0.0948 e. The normalized spacial score (nSPS) is 28.1. The topological polar surface area (TPSA) is 57.3 Å². The van der Waals surface area contributed by atoms with Crippen LogP contribution in [0.1, 0.15) is 5.56 Å². The van der Waals surface area contributed by atoms with Gasteiger partial charge in [-0.1, -0.05) is 0 Å². The highest BCUT2D eigenvalue weighted by molar-refractivity contribution is 5.08. The van der Waals surface area contributed by atoms with Crippen LogP contribution >= 0.6 is 0 Å². The molecular formula is C9H14N2O2. The maximum atomic E-state index is 9.42. The molecule has 2 unspecified atom stereocenters. The molecule has 3 N–H and O–H groups in total. The van der Waals surface area contributed by atoms with Crippen molar-refractivity contribution in [2.75, 3.05) is 13.2 Å². The molecule has 1 aliphatic rings. The zero-order valence-corrected chi connectivity index (χ0v) is 7.36. The van der Waals surface area contributed by atoms with Gasteiger partial charge in [-0.15, -0.1) is 0 Å². The smallest absolute Gasteiger partial charge is 0.0948 e. The summed E-state index contributed by atoms with van der Waals surface area (Å²) < 4.78 is 5.12. The molecule has 2 rings (SSSR count). The molecule has 2 atom stereocenters. The second-order valence-electron chi connectivity index (χ2n) is 3.31. The minimum absolute atomic E-state index is 0.0786. The third-order valence-corrected chi connectivity index (χ3v) is 2.28. The second kappa shape index (κ2) is 3.91. The number of aliphatic hydroxyl groups is 1. The molecule has 72 valence electrons. The highest BCUT2D eigenvalue weighted by atomic mass is 16.5. The molecule has 2 heterocycles. The van der Waals surface area contributed by atoms with Gasteiger partial charge in [-0.2, -0.15) is 0 Å². The molecule has 13 heavy (non-hydrogen) atoms. The summed E-state index contributed by atoms with van der Waals surface area (Å²) in [5.74, 6) is 0. The molecule has 0 amide bonds. The molecule has 0 aromatic carbocycles. The Kier molecular flexibility index (Phi) is 2.63. The average molecular weight is 182 g/mol. The van der Waals surface area contributed by atoms with Crippen LogP contribution < -0.4 is 5.32 Å². The van der Waals surface area contributed by atoms with Crippen molar-refractivity contribution in [1.29, 1.82) is 0 Å². The maximum absolute atomic E-state index is 9.42. The van der Waals surface area contributed by atoms with Gasteiger partial charge in [-0.3, -0.25) is 0 Å². The summed E-state index contributed by atoms with van der Waals surface area (Å²) in [5, 5.41) is 12.7. The molecule has 1 fully saturated rings. The quantitative estimate of drug-likeness (QED) is 0.610. The van der Waals surface area contributed by atoms with E-state index in [1.807, 2.05) is 18.5 Å². The largest absolute Gasteiger partial charge is 0.389 e. The van der Waals surface area contributed by atoms with Crippen molar-refractivity contribution in [2.45, 2.75) is 18.7 Å². The van der Waals surface area contributed by atoms with E-state index >= 15 is 0 Å². The first-order chi connectivity index (χ1) is 6.36. The molecule has 1 aromatic rings. The predicted molar refractivity (Wildman–Crippen MR) is 48.2 cm³/mol. The number of rotatable bonds is 3. The average Bonchev–Trinajstić information content (AvgIpc) is 2.72. The first-order valence-electron chi connectivity index (χ1n) is 4.47. The number of H-pyrrole nitrogens is 1. The Bertz CT molecular complexity index is 248. The van der Waals surface area contributed by atoms with Crippen LogP contribution in [0.2, 0.25) is 0 Å². The van der Waals surface area contributed by atoms with Crippen molar-refractivity contribution in [3.05, 3.63) is 24.0 Å². The Hall–Kier alpha value is -0.840. The van der Waals surface area contributed by atoms with Crippen LogP contribution in [0.3, 0.4) is 0 Å². The van der Waals surface area contributed by atoms with Gasteiger partial charge in [-0.25, -0.2) is 0 Å². The van der Waals surface area contributed by atoms with Crippen molar-refractivity contribution >= 4 is 0 Å². The summed E-state index contributed by atoms with van der Waals surface area (Å²) in [6.45, 7) is 1.82. The third-order valence-electron chi connectivity index (χ3n) is 2.28. The van der Waals surface area contributed by atoms with E-state index in [0.29, 0.717) is 13.2 Å². The van der Waals surface area contributed by atoms with Crippen molar-refractivity contribution in [2.24, 2.45) is 0 Å². The van der Waals surface area contributed by atoms with Gasteiger partial charge in [-0.05, 0) is 11.6 Å². The van der Waals surface area contributed by atoms with Gasteiger partial charge < -0.3 is 20.1 Å². The number of ether oxygens (including phenoxy) is 1. The van der Waals surface area contributed by atoms with E-state index in [4.69, 9.17) is 4.74 Å². The Balaban J connectivity index is 1.79. The first kappa shape index (κ1) is 8.74. The van der Waals surface area contributed by atoms with Gasteiger partial charge in [0.2, 0.25) is 0 Å². The van der Waals surface area contributed by atoms with Gasteiger partial charge in [0.15, 0.2) is 0 Å². The van der Waals surface area contributed by atoms with Crippen LogP contribution in [-0.4, -0.2) is 35.5 Å². The number of aromatic nitrogens is 1. The van der Waals surface area contributed by atoms with Gasteiger partial charge in [0, 0.05) is 18.9 Å². The highest BCUT2D eigenvalue weighted by Crippen LogP contribution is 2.06. The van der Waals surface area contributed by atoms with Crippen LogP contribution in [-0.2, 0) is 11.3 Å². The summed E-state index contributed by atoms with van der Waals surface area (Å²) in [4.78, 5) is 2.98. The van der Waals surface area contributed by atoms with E-state index in [1.54, 1.807) is 0 Å². The minimum atomic E-state index is -0.362. The van der Waals surface area contributed by atoms with Crippen LogP contribution in [0, 0.1) is 0 Å². The zero-order valence-electron chi connectivity index (χ0n) is 7.36. The van der Waals surface area contributed by atoms with Gasteiger partial charge in [0.25, 0.3) is 0 Å². The van der Waals surface area contributed by atoms with Crippen LogP contribution in [0.5, 0.6) is 0 Å². The molecule has 0 saturated carbocycles. The van der Waals surface area contributed by atoms with Crippen molar-refractivity contribution < 1.29 is 9.84 Å². The Morgan fingerprint density at radius 2 is 2.54 bits per heavy atom. The van der Waals surface area contributed by atoms with Crippen LogP contribution in [0.4, 0.5) is 0 Å². The SMILES string of the molecule is OC1COCC1NCc1cc[nH]c1. The van der Waals surface area contributed by atoms with Crippen molar-refractivity contribution in [1.82, 2.24) is 10.3 Å². The van der Waals surface area contributed by atoms with Crippen molar-refractivity contribution in [3.63, 3.8) is 0 Å². The molecule has 4 nitrogen and oxygen atoms in total. The van der Waals surface area contributed by atoms with Crippen LogP contribution in [0.15, 0.2) is 18.5 Å². The lowest BCUT2D eigenvalue weighted by molar-refractivity contribution is 0.122. The van der Waals surface area contributed by atoms with E-state index in [-0.39, 0.29) is 12.1 Å². The monoisotopic (exact) mass is 182 g/mol. The van der Waals surface area contributed by atoms with E-state index < -0.39 is 0 Å². The highest BCUT2D eigenvalue weighted by Gasteiger charge is 2.25. The zero-order chi connectivity index (χ0) is 9.10. The molecule has 0 aliphatic carbocycles. The van der Waals surface area contributed by atoms with E-state index in [2.05, 4.69) is 10.3 Å². The fraction of sp³-hybridized carbons (Fsp3) is 0.556. The molecule has 4 heteroatoms. The lowest BCUT2D eigenvalue weighted by Crippen LogP contribution is -2.38. The fourth-order valence-electron chi connectivity index (χ4n) is 1.46. The van der Waals surface area contributed by atoms with E-state index in [9.17, 15) is 5.11 Å². The molecular weight excluding hydrogens is 168 g/mol. The van der Waals surface area contributed by atoms with Gasteiger partial charge in [0.1, 0.15) is 0 Å². The predicted octanol–water partition coefficient (Wildman–Crippen LogP) is -0.136. The summed E-state index contributed by atoms with van der Waals surface area (Å²) in [6.07, 6.45) is 3.47. The summed E-state index contributed by atoms with van der Waals surface area (Å²) in [6, 6.07) is 2.09. The standard InChI is InChI=1S/C9H14N2O2/c12-9-6-13-5-8(9)11-4-7-1-2-10-3-7/h1-3,8-12H,4-6H2. The van der Waals surface area contributed by atoms with E-state index in [1.165, 1.54) is 5.56 Å². The first-order valence-corrected chi connectivity index (χ1v) is 4.47. The third kappa shape index (κ3) is 2.09. The van der Waals surface area contributed by atoms with Gasteiger partial charge in [0.05, 0.1) is 25.4 Å². The molecule has 1 saturated heterocycles. The number of hydrogen-bond acceptors (Lipinski definition) is 3. The summed E-state index contributed by atoms with van der Waals surface area (Å²) >= 11 is 0. The Morgan fingerprint density at radius 1 is 1.62 bits per heavy atom. The number of aliphatic hydroxyl groups excluding tert-OH is 1. The van der Waals surface area contributed by atoms with Crippen LogP contribution in [0.25, 0.3) is 0 Å².